The lowest BCUT2D eigenvalue weighted by Gasteiger charge is -1.96. The highest BCUT2D eigenvalue weighted by Crippen LogP contribution is 2.27. The Kier molecular flexibility index (Phi) is 4.66. The molecule has 3 rings (SSSR count). The highest BCUT2D eigenvalue weighted by Gasteiger charge is 2.23. The minimum atomic E-state index is -0.625. The first-order valence-electron chi connectivity index (χ1n) is 7.01. The molecule has 1 aromatic carbocycles. The van der Waals surface area contributed by atoms with Crippen LogP contribution in [0.1, 0.15) is 5.76 Å². The van der Waals surface area contributed by atoms with Crippen LogP contribution in [-0.4, -0.2) is 21.1 Å². The third kappa shape index (κ3) is 4.15. The van der Waals surface area contributed by atoms with Crippen LogP contribution in [0.2, 0.25) is 0 Å². The number of nitro groups is 1. The molecule has 25 heavy (non-hydrogen) atoms. The maximum Gasteiger partial charge on any atom is 0.433 e. The number of nitrogens with one attached hydrogen (secondary N) is 1. The summed E-state index contributed by atoms with van der Waals surface area (Å²) in [6.07, 6.45) is 4.62. The molecule has 1 aliphatic heterocycles. The average molecular weight is 357 g/mol. The van der Waals surface area contributed by atoms with Crippen molar-refractivity contribution in [2.45, 2.75) is 0 Å². The number of carbonyl (C=O) groups is 1. The third-order valence-electron chi connectivity index (χ3n) is 3.01. The maximum absolute atomic E-state index is 11.9. The molecule has 126 valence electrons. The highest BCUT2D eigenvalue weighted by atomic mass is 32.2. The van der Waals surface area contributed by atoms with Crippen LogP contribution in [0.15, 0.2) is 62.9 Å². The number of furan rings is 1. The van der Waals surface area contributed by atoms with Gasteiger partial charge in [-0.05, 0) is 42.1 Å². The van der Waals surface area contributed by atoms with Gasteiger partial charge in [0.05, 0.1) is 16.7 Å². The van der Waals surface area contributed by atoms with E-state index in [0.29, 0.717) is 21.5 Å². The monoisotopic (exact) mass is 357 g/mol. The second-order valence-electron chi connectivity index (χ2n) is 4.82. The summed E-state index contributed by atoms with van der Waals surface area (Å²) in [5.41, 5.74) is 0.516. The van der Waals surface area contributed by atoms with Gasteiger partial charge in [-0.1, -0.05) is 12.1 Å². The van der Waals surface area contributed by atoms with E-state index in [1.165, 1.54) is 30.3 Å². The zero-order valence-electron chi connectivity index (χ0n) is 12.6. The predicted molar refractivity (Wildman–Crippen MR) is 93.4 cm³/mol. The molecule has 1 amide bonds. The summed E-state index contributed by atoms with van der Waals surface area (Å²) in [5, 5.41) is 23.0. The fraction of sp³-hybridized carbons (Fsp3) is 0. The molecule has 0 bridgehead atoms. The van der Waals surface area contributed by atoms with Gasteiger partial charge >= 0.3 is 5.88 Å². The number of benzene rings is 1. The summed E-state index contributed by atoms with van der Waals surface area (Å²) in [6.45, 7) is 0. The van der Waals surface area contributed by atoms with Gasteiger partial charge < -0.3 is 14.8 Å². The Morgan fingerprint density at radius 3 is 2.88 bits per heavy atom. The van der Waals surface area contributed by atoms with Crippen LogP contribution >= 0.6 is 11.8 Å². The number of phenolic OH excluding ortho intramolecular Hbond substituents is 1. The molecule has 1 fully saturated rings. The summed E-state index contributed by atoms with van der Waals surface area (Å²) in [7, 11) is 0. The number of carbonyl (C=O) groups excluding carboxylic acids is 1. The number of thioether (sulfide) groups is 1. The van der Waals surface area contributed by atoms with E-state index in [-0.39, 0.29) is 17.5 Å². The normalized spacial score (nSPS) is 17.5. The second-order valence-corrected chi connectivity index (χ2v) is 5.85. The van der Waals surface area contributed by atoms with E-state index >= 15 is 0 Å². The fourth-order valence-electron chi connectivity index (χ4n) is 1.94. The van der Waals surface area contributed by atoms with E-state index in [2.05, 4.69) is 10.3 Å². The largest absolute Gasteiger partial charge is 0.508 e. The van der Waals surface area contributed by atoms with Crippen molar-refractivity contribution in [3.63, 3.8) is 0 Å². The summed E-state index contributed by atoms with van der Waals surface area (Å²) >= 11 is 1.14. The number of hydrogen-bond donors (Lipinski definition) is 2. The van der Waals surface area contributed by atoms with Crippen molar-refractivity contribution in [2.24, 2.45) is 4.99 Å². The molecule has 1 saturated heterocycles. The number of allylic oxidation sites excluding steroid dienone is 2. The molecule has 8 nitrogen and oxygen atoms in total. The van der Waals surface area contributed by atoms with Gasteiger partial charge in [-0.15, -0.1) is 0 Å². The Labute approximate surface area is 145 Å². The maximum atomic E-state index is 11.9. The molecule has 2 heterocycles. The van der Waals surface area contributed by atoms with Crippen LogP contribution < -0.4 is 5.32 Å². The van der Waals surface area contributed by atoms with E-state index in [9.17, 15) is 20.0 Å². The molecule has 0 unspecified atom stereocenters. The van der Waals surface area contributed by atoms with Gasteiger partial charge in [0.1, 0.15) is 16.4 Å². The number of rotatable bonds is 4. The molecule has 1 aliphatic rings. The molecule has 2 N–H and O–H groups in total. The standard InChI is InChI=1S/C16H11N3O5S/c20-11-4-1-3-10(9-11)17-16-18-15(21)13(25-16)6-2-5-12-7-8-14(24-12)19(22)23/h1-9,20H,(H,17,18,21)/b5-2+,13-6-. The number of amidine groups is 1. The predicted octanol–water partition coefficient (Wildman–Crippen LogP) is 3.34. The second kappa shape index (κ2) is 7.05. The number of phenols is 1. The van der Waals surface area contributed by atoms with Crippen molar-refractivity contribution in [3.05, 3.63) is 69.3 Å². The van der Waals surface area contributed by atoms with E-state index in [4.69, 9.17) is 4.42 Å². The summed E-state index contributed by atoms with van der Waals surface area (Å²) in [5.74, 6) is -0.261. The number of nitrogens with zero attached hydrogens (tertiary/aromatic N) is 2. The van der Waals surface area contributed by atoms with Crippen molar-refractivity contribution in [1.82, 2.24) is 5.32 Å². The van der Waals surface area contributed by atoms with E-state index in [0.717, 1.165) is 11.8 Å². The average Bonchev–Trinajstić information content (AvgIpc) is 3.15. The molecule has 0 atom stereocenters. The van der Waals surface area contributed by atoms with Gasteiger partial charge in [-0.3, -0.25) is 14.9 Å². The van der Waals surface area contributed by atoms with Gasteiger partial charge in [-0.2, -0.15) is 0 Å². The molecular formula is C16H11N3O5S. The van der Waals surface area contributed by atoms with Crippen LogP contribution in [0.4, 0.5) is 11.6 Å². The SMILES string of the molecule is O=C1NC(=Nc2cccc(O)c2)S/C1=C\C=C\c1ccc([N+](=O)[O-])o1. The Morgan fingerprint density at radius 1 is 1.32 bits per heavy atom. The Balaban J connectivity index is 1.70. The summed E-state index contributed by atoms with van der Waals surface area (Å²) in [6, 6.07) is 9.07. The lowest BCUT2D eigenvalue weighted by Crippen LogP contribution is -2.19. The van der Waals surface area contributed by atoms with Crippen LogP contribution in [0, 0.1) is 10.1 Å². The first-order valence-corrected chi connectivity index (χ1v) is 7.82. The highest BCUT2D eigenvalue weighted by molar-refractivity contribution is 8.18. The van der Waals surface area contributed by atoms with E-state index < -0.39 is 4.92 Å². The topological polar surface area (TPSA) is 118 Å². The lowest BCUT2D eigenvalue weighted by atomic mass is 10.3. The fourth-order valence-corrected chi connectivity index (χ4v) is 2.73. The number of amides is 1. The van der Waals surface area contributed by atoms with Crippen LogP contribution in [0.25, 0.3) is 6.08 Å². The Bertz CT molecular complexity index is 929. The molecule has 0 aliphatic carbocycles. The Morgan fingerprint density at radius 2 is 2.16 bits per heavy atom. The third-order valence-corrected chi connectivity index (χ3v) is 3.94. The van der Waals surface area contributed by atoms with Crippen LogP contribution in [0.3, 0.4) is 0 Å². The van der Waals surface area contributed by atoms with Gasteiger partial charge in [0.2, 0.25) is 0 Å². The van der Waals surface area contributed by atoms with Crippen molar-refractivity contribution in [1.29, 1.82) is 0 Å². The zero-order valence-corrected chi connectivity index (χ0v) is 13.4. The minimum Gasteiger partial charge on any atom is -0.508 e. The minimum absolute atomic E-state index is 0.0856. The zero-order chi connectivity index (χ0) is 17.8. The van der Waals surface area contributed by atoms with Gasteiger partial charge in [0, 0.05) is 6.07 Å². The van der Waals surface area contributed by atoms with Crippen molar-refractivity contribution < 1.29 is 19.2 Å². The van der Waals surface area contributed by atoms with Crippen LogP contribution in [-0.2, 0) is 4.79 Å². The molecule has 0 saturated carbocycles. The molecule has 9 heteroatoms. The number of aromatic hydroxyl groups is 1. The molecule has 0 spiro atoms. The first kappa shape index (κ1) is 16.5. The lowest BCUT2D eigenvalue weighted by molar-refractivity contribution is -0.402. The Hall–Kier alpha value is -3.33. The molecule has 1 aromatic heterocycles. The number of aliphatic imine (C=N–C) groups is 1. The van der Waals surface area contributed by atoms with Gasteiger partial charge in [-0.25, -0.2) is 4.99 Å². The van der Waals surface area contributed by atoms with Gasteiger partial charge in [0.15, 0.2) is 5.17 Å². The molecule has 2 aromatic rings. The summed E-state index contributed by atoms with van der Waals surface area (Å²) in [4.78, 5) is 26.5. The smallest absolute Gasteiger partial charge is 0.433 e. The van der Waals surface area contributed by atoms with Crippen molar-refractivity contribution in [2.75, 3.05) is 0 Å². The van der Waals surface area contributed by atoms with E-state index in [1.54, 1.807) is 24.3 Å². The van der Waals surface area contributed by atoms with Crippen molar-refractivity contribution in [3.8, 4) is 5.75 Å². The summed E-state index contributed by atoms with van der Waals surface area (Å²) < 4.78 is 4.98. The van der Waals surface area contributed by atoms with Gasteiger partial charge in [0.25, 0.3) is 5.91 Å². The van der Waals surface area contributed by atoms with Crippen molar-refractivity contribution >= 4 is 40.5 Å². The first-order chi connectivity index (χ1) is 12.0. The van der Waals surface area contributed by atoms with Crippen LogP contribution in [0.5, 0.6) is 5.75 Å². The molecule has 0 radical (unpaired) electrons. The quantitative estimate of drug-likeness (QED) is 0.492. The number of hydrogen-bond acceptors (Lipinski definition) is 7. The van der Waals surface area contributed by atoms with E-state index in [1.807, 2.05) is 0 Å². The molecular weight excluding hydrogens is 346 g/mol.